The van der Waals surface area contributed by atoms with Crippen molar-refractivity contribution in [2.75, 3.05) is 7.11 Å². The summed E-state index contributed by atoms with van der Waals surface area (Å²) >= 11 is 0. The first-order valence-corrected chi connectivity index (χ1v) is 7.28. The summed E-state index contributed by atoms with van der Waals surface area (Å²) in [4.78, 5) is 11.3. The van der Waals surface area contributed by atoms with Crippen molar-refractivity contribution in [3.8, 4) is 16.9 Å². The predicted molar refractivity (Wildman–Crippen MR) is 86.9 cm³/mol. The fraction of sp³-hybridized carbons (Fsp3) is 0.316. The Bertz CT molecular complexity index is 642. The van der Waals surface area contributed by atoms with Crippen LogP contribution in [-0.2, 0) is 11.2 Å². The number of ether oxygens (including phenoxy) is 1. The summed E-state index contributed by atoms with van der Waals surface area (Å²) < 4.78 is 5.49. The fourth-order valence-corrected chi connectivity index (χ4v) is 2.45. The van der Waals surface area contributed by atoms with Gasteiger partial charge in [-0.25, -0.2) is 0 Å². The van der Waals surface area contributed by atoms with E-state index in [0.29, 0.717) is 12.3 Å². The van der Waals surface area contributed by atoms with Crippen LogP contribution >= 0.6 is 0 Å². The molecule has 0 saturated heterocycles. The monoisotopic (exact) mass is 282 g/mol. The molecule has 0 aromatic heterocycles. The number of hydrogen-bond acceptors (Lipinski definition) is 2. The molecule has 0 N–H and O–H groups in total. The highest BCUT2D eigenvalue weighted by atomic mass is 16.5. The Morgan fingerprint density at radius 2 is 1.90 bits per heavy atom. The first kappa shape index (κ1) is 15.3. The molecule has 0 spiro atoms. The van der Waals surface area contributed by atoms with Gasteiger partial charge in [0.1, 0.15) is 11.5 Å². The SMILES string of the molecule is COc1ccc(C(C)C)cc1-c1cccc(CC(C)=O)c1. The van der Waals surface area contributed by atoms with Crippen LogP contribution in [0.3, 0.4) is 0 Å². The number of hydrogen-bond donors (Lipinski definition) is 0. The maximum absolute atomic E-state index is 11.3. The van der Waals surface area contributed by atoms with E-state index in [9.17, 15) is 4.79 Å². The van der Waals surface area contributed by atoms with Gasteiger partial charge in [-0.05, 0) is 41.7 Å². The number of ketones is 1. The lowest BCUT2D eigenvalue weighted by atomic mass is 9.95. The van der Waals surface area contributed by atoms with Gasteiger partial charge in [0.2, 0.25) is 0 Å². The topological polar surface area (TPSA) is 26.3 Å². The van der Waals surface area contributed by atoms with Crippen LogP contribution in [0.4, 0.5) is 0 Å². The average molecular weight is 282 g/mol. The minimum atomic E-state index is 0.176. The van der Waals surface area contributed by atoms with Gasteiger partial charge < -0.3 is 4.74 Å². The van der Waals surface area contributed by atoms with Crippen LogP contribution in [0.1, 0.15) is 37.8 Å². The van der Waals surface area contributed by atoms with E-state index in [1.807, 2.05) is 18.2 Å². The molecule has 0 saturated carbocycles. The first-order valence-electron chi connectivity index (χ1n) is 7.28. The molecule has 2 nitrogen and oxygen atoms in total. The van der Waals surface area contributed by atoms with Crippen LogP contribution in [0, 0.1) is 0 Å². The highest BCUT2D eigenvalue weighted by Crippen LogP contribution is 2.33. The smallest absolute Gasteiger partial charge is 0.134 e. The van der Waals surface area contributed by atoms with Gasteiger partial charge in [0.05, 0.1) is 7.11 Å². The van der Waals surface area contributed by atoms with Gasteiger partial charge in [0.25, 0.3) is 0 Å². The van der Waals surface area contributed by atoms with Crippen molar-refractivity contribution in [1.82, 2.24) is 0 Å². The molecule has 0 fully saturated rings. The highest BCUT2D eigenvalue weighted by Gasteiger charge is 2.10. The summed E-state index contributed by atoms with van der Waals surface area (Å²) in [6.07, 6.45) is 0.472. The second kappa shape index (κ2) is 6.57. The largest absolute Gasteiger partial charge is 0.496 e. The molecule has 0 unspecified atom stereocenters. The van der Waals surface area contributed by atoms with Crippen molar-refractivity contribution in [2.45, 2.75) is 33.1 Å². The quantitative estimate of drug-likeness (QED) is 0.800. The standard InChI is InChI=1S/C19H22O2/c1-13(2)16-8-9-19(21-4)18(12-16)17-7-5-6-15(11-17)10-14(3)20/h5-9,11-13H,10H2,1-4H3. The molecule has 2 aromatic rings. The number of carbonyl (C=O) groups excluding carboxylic acids is 1. The molecule has 0 radical (unpaired) electrons. The molecule has 0 aliphatic heterocycles. The third-order valence-corrected chi connectivity index (χ3v) is 3.58. The van der Waals surface area contributed by atoms with Crippen LogP contribution < -0.4 is 4.74 Å². The molecule has 0 amide bonds. The lowest BCUT2D eigenvalue weighted by molar-refractivity contribution is -0.116. The number of rotatable bonds is 5. The Morgan fingerprint density at radius 1 is 1.14 bits per heavy atom. The van der Waals surface area contributed by atoms with Crippen molar-refractivity contribution in [3.05, 3.63) is 53.6 Å². The second-order valence-electron chi connectivity index (χ2n) is 5.69. The van der Waals surface area contributed by atoms with Crippen LogP contribution in [0.15, 0.2) is 42.5 Å². The predicted octanol–water partition coefficient (Wildman–Crippen LogP) is 4.62. The molecule has 0 atom stereocenters. The van der Waals surface area contributed by atoms with E-state index in [1.165, 1.54) is 5.56 Å². The van der Waals surface area contributed by atoms with E-state index in [1.54, 1.807) is 14.0 Å². The minimum absolute atomic E-state index is 0.176. The molecule has 2 aromatic carbocycles. The fourth-order valence-electron chi connectivity index (χ4n) is 2.45. The van der Waals surface area contributed by atoms with E-state index in [-0.39, 0.29) is 5.78 Å². The third kappa shape index (κ3) is 3.72. The lowest BCUT2D eigenvalue weighted by Crippen LogP contribution is -1.97. The van der Waals surface area contributed by atoms with E-state index < -0.39 is 0 Å². The van der Waals surface area contributed by atoms with Gasteiger partial charge >= 0.3 is 0 Å². The number of methoxy groups -OCH3 is 1. The van der Waals surface area contributed by atoms with Gasteiger partial charge in [-0.2, -0.15) is 0 Å². The molecule has 110 valence electrons. The highest BCUT2D eigenvalue weighted by molar-refractivity contribution is 5.79. The molecule has 0 aliphatic rings. The van der Waals surface area contributed by atoms with E-state index in [2.05, 4.69) is 38.1 Å². The van der Waals surface area contributed by atoms with Crippen molar-refractivity contribution in [1.29, 1.82) is 0 Å². The van der Waals surface area contributed by atoms with Gasteiger partial charge in [-0.1, -0.05) is 44.2 Å². The molecular formula is C19H22O2. The first-order chi connectivity index (χ1) is 10.0. The van der Waals surface area contributed by atoms with Crippen LogP contribution in [0.25, 0.3) is 11.1 Å². The zero-order valence-corrected chi connectivity index (χ0v) is 13.1. The Labute approximate surface area is 126 Å². The van der Waals surface area contributed by atoms with Crippen LogP contribution in [0.5, 0.6) is 5.75 Å². The molecular weight excluding hydrogens is 260 g/mol. The van der Waals surface area contributed by atoms with E-state index in [4.69, 9.17) is 4.74 Å². The minimum Gasteiger partial charge on any atom is -0.496 e. The molecule has 0 aliphatic carbocycles. The summed E-state index contributed by atoms with van der Waals surface area (Å²) in [5.74, 6) is 1.50. The van der Waals surface area contributed by atoms with Gasteiger partial charge in [0.15, 0.2) is 0 Å². The van der Waals surface area contributed by atoms with Crippen LogP contribution in [0.2, 0.25) is 0 Å². The maximum Gasteiger partial charge on any atom is 0.134 e. The van der Waals surface area contributed by atoms with Gasteiger partial charge in [-0.3, -0.25) is 4.79 Å². The summed E-state index contributed by atoms with van der Waals surface area (Å²) in [6, 6.07) is 14.4. The molecule has 0 heterocycles. The molecule has 2 heteroatoms. The Hall–Kier alpha value is -2.09. The summed E-state index contributed by atoms with van der Waals surface area (Å²) in [5, 5.41) is 0. The van der Waals surface area contributed by atoms with Gasteiger partial charge in [-0.15, -0.1) is 0 Å². The Balaban J connectivity index is 2.49. The summed E-state index contributed by atoms with van der Waals surface area (Å²) in [5.41, 5.74) is 4.49. The average Bonchev–Trinajstić information content (AvgIpc) is 2.46. The molecule has 0 bridgehead atoms. The third-order valence-electron chi connectivity index (χ3n) is 3.58. The summed E-state index contributed by atoms with van der Waals surface area (Å²) in [7, 11) is 1.69. The lowest BCUT2D eigenvalue weighted by Gasteiger charge is -2.13. The zero-order valence-electron chi connectivity index (χ0n) is 13.1. The molecule has 2 rings (SSSR count). The Kier molecular flexibility index (Phi) is 4.79. The molecule has 21 heavy (non-hydrogen) atoms. The van der Waals surface area contributed by atoms with Crippen molar-refractivity contribution >= 4 is 5.78 Å². The van der Waals surface area contributed by atoms with E-state index in [0.717, 1.165) is 22.4 Å². The Morgan fingerprint density at radius 3 is 2.52 bits per heavy atom. The van der Waals surface area contributed by atoms with Crippen molar-refractivity contribution in [3.63, 3.8) is 0 Å². The maximum atomic E-state index is 11.3. The number of carbonyl (C=O) groups is 1. The normalized spacial score (nSPS) is 10.7. The van der Waals surface area contributed by atoms with Crippen molar-refractivity contribution in [2.24, 2.45) is 0 Å². The second-order valence-corrected chi connectivity index (χ2v) is 5.69. The van der Waals surface area contributed by atoms with Crippen LogP contribution in [-0.4, -0.2) is 12.9 Å². The number of Topliss-reactive ketones (excluding diaryl/α,β-unsaturated/α-hetero) is 1. The van der Waals surface area contributed by atoms with Crippen molar-refractivity contribution < 1.29 is 9.53 Å². The van der Waals surface area contributed by atoms with Gasteiger partial charge in [0, 0.05) is 12.0 Å². The summed E-state index contributed by atoms with van der Waals surface area (Å²) in [6.45, 7) is 5.97. The zero-order chi connectivity index (χ0) is 15.4. The van der Waals surface area contributed by atoms with E-state index >= 15 is 0 Å². The number of benzene rings is 2.